The molecule has 1 aromatic heterocycles. The Hall–Kier alpha value is -2.01. The van der Waals surface area contributed by atoms with Crippen LogP contribution in [0.3, 0.4) is 0 Å². The molecule has 0 aliphatic heterocycles. The number of nitrogens with one attached hydrogen (secondary N) is 1. The highest BCUT2D eigenvalue weighted by atomic mass is 16.5. The number of anilines is 1. The van der Waals surface area contributed by atoms with Gasteiger partial charge >= 0.3 is 0 Å². The van der Waals surface area contributed by atoms with Crippen LogP contribution in [0.2, 0.25) is 0 Å². The average molecular weight is 289 g/mol. The highest BCUT2D eigenvalue weighted by Gasteiger charge is 2.15. The standard InChI is InChI=1S/C16H23N3O2/c1-10(2)13(9-17)19-16-12-8-15(21-4)14(20-3)7-11(12)5-6-18-16/h5-8,10,13H,9,17H2,1-4H3,(H,18,19). The van der Waals surface area contributed by atoms with Gasteiger partial charge in [-0.05, 0) is 29.5 Å². The number of ether oxygens (including phenoxy) is 2. The summed E-state index contributed by atoms with van der Waals surface area (Å²) in [6, 6.07) is 6.02. The molecule has 0 spiro atoms. The summed E-state index contributed by atoms with van der Waals surface area (Å²) in [6.45, 7) is 4.83. The fourth-order valence-corrected chi connectivity index (χ4v) is 2.29. The van der Waals surface area contributed by atoms with Crippen molar-refractivity contribution in [3.63, 3.8) is 0 Å². The number of rotatable bonds is 6. The lowest BCUT2D eigenvalue weighted by Crippen LogP contribution is -2.34. The molecule has 0 amide bonds. The number of methoxy groups -OCH3 is 2. The Morgan fingerprint density at radius 2 is 1.86 bits per heavy atom. The van der Waals surface area contributed by atoms with E-state index in [1.54, 1.807) is 20.4 Å². The van der Waals surface area contributed by atoms with Gasteiger partial charge in [-0.1, -0.05) is 13.8 Å². The first-order valence-corrected chi connectivity index (χ1v) is 7.08. The van der Waals surface area contributed by atoms with Gasteiger partial charge in [-0.15, -0.1) is 0 Å². The van der Waals surface area contributed by atoms with Crippen LogP contribution in [-0.2, 0) is 0 Å². The first kappa shape index (κ1) is 15.4. The smallest absolute Gasteiger partial charge is 0.161 e. The Balaban J connectivity index is 2.49. The number of hydrogen-bond donors (Lipinski definition) is 2. The van der Waals surface area contributed by atoms with E-state index in [0.717, 1.165) is 16.6 Å². The second-order valence-electron chi connectivity index (χ2n) is 5.32. The predicted molar refractivity (Wildman–Crippen MR) is 86.2 cm³/mol. The molecular weight excluding hydrogens is 266 g/mol. The summed E-state index contributed by atoms with van der Waals surface area (Å²) in [7, 11) is 3.26. The van der Waals surface area contributed by atoms with Gasteiger partial charge in [0.1, 0.15) is 5.82 Å². The van der Waals surface area contributed by atoms with Crippen molar-refractivity contribution in [3.05, 3.63) is 24.4 Å². The van der Waals surface area contributed by atoms with Gasteiger partial charge in [0.05, 0.1) is 14.2 Å². The van der Waals surface area contributed by atoms with Crippen LogP contribution < -0.4 is 20.5 Å². The molecule has 1 atom stereocenters. The fraction of sp³-hybridized carbons (Fsp3) is 0.438. The van der Waals surface area contributed by atoms with E-state index < -0.39 is 0 Å². The molecule has 0 aliphatic rings. The zero-order valence-electron chi connectivity index (χ0n) is 13.0. The van der Waals surface area contributed by atoms with Gasteiger partial charge in [-0.25, -0.2) is 4.98 Å². The van der Waals surface area contributed by atoms with Gasteiger partial charge in [0.2, 0.25) is 0 Å². The van der Waals surface area contributed by atoms with Crippen LogP contribution in [0.4, 0.5) is 5.82 Å². The summed E-state index contributed by atoms with van der Waals surface area (Å²) in [5.74, 6) is 2.64. The lowest BCUT2D eigenvalue weighted by atomic mass is 10.0. The molecule has 1 heterocycles. The molecule has 5 heteroatoms. The van der Waals surface area contributed by atoms with Crippen molar-refractivity contribution in [3.8, 4) is 11.5 Å². The number of benzene rings is 1. The van der Waals surface area contributed by atoms with Gasteiger partial charge in [-0.3, -0.25) is 0 Å². The molecule has 1 aromatic carbocycles. The molecule has 1 unspecified atom stereocenters. The van der Waals surface area contributed by atoms with E-state index in [1.165, 1.54) is 0 Å². The molecular formula is C16H23N3O2. The van der Waals surface area contributed by atoms with Crippen molar-refractivity contribution in [2.45, 2.75) is 19.9 Å². The van der Waals surface area contributed by atoms with Gasteiger partial charge in [0, 0.05) is 24.2 Å². The number of pyridine rings is 1. The molecule has 0 fully saturated rings. The predicted octanol–water partition coefficient (Wildman–Crippen LogP) is 2.65. The van der Waals surface area contributed by atoms with Gasteiger partial charge in [0.15, 0.2) is 11.5 Å². The lowest BCUT2D eigenvalue weighted by molar-refractivity contribution is 0.356. The number of hydrogen-bond acceptors (Lipinski definition) is 5. The summed E-state index contributed by atoms with van der Waals surface area (Å²) in [4.78, 5) is 4.44. The van der Waals surface area contributed by atoms with Crippen LogP contribution in [0.5, 0.6) is 11.5 Å². The fourth-order valence-electron chi connectivity index (χ4n) is 2.29. The van der Waals surface area contributed by atoms with Crippen LogP contribution in [-0.4, -0.2) is 31.8 Å². The highest BCUT2D eigenvalue weighted by molar-refractivity contribution is 5.94. The molecule has 21 heavy (non-hydrogen) atoms. The zero-order valence-corrected chi connectivity index (χ0v) is 13.0. The summed E-state index contributed by atoms with van der Waals surface area (Å²) in [5.41, 5.74) is 5.83. The van der Waals surface area contributed by atoms with E-state index in [2.05, 4.69) is 24.1 Å². The van der Waals surface area contributed by atoms with Crippen molar-refractivity contribution >= 4 is 16.6 Å². The normalized spacial score (nSPS) is 12.5. The molecule has 5 nitrogen and oxygen atoms in total. The third-order valence-corrected chi connectivity index (χ3v) is 3.65. The zero-order chi connectivity index (χ0) is 15.4. The van der Waals surface area contributed by atoms with Crippen LogP contribution >= 0.6 is 0 Å². The number of fused-ring (bicyclic) bond motifs is 1. The molecule has 0 bridgehead atoms. The van der Waals surface area contributed by atoms with Crippen LogP contribution in [0.25, 0.3) is 10.8 Å². The minimum Gasteiger partial charge on any atom is -0.493 e. The third-order valence-electron chi connectivity index (χ3n) is 3.65. The van der Waals surface area contributed by atoms with Gasteiger partial charge < -0.3 is 20.5 Å². The van der Waals surface area contributed by atoms with Crippen molar-refractivity contribution in [1.29, 1.82) is 0 Å². The second kappa shape index (κ2) is 6.63. The minimum atomic E-state index is 0.177. The Morgan fingerprint density at radius 3 is 2.43 bits per heavy atom. The van der Waals surface area contributed by atoms with Crippen LogP contribution in [0.1, 0.15) is 13.8 Å². The molecule has 3 N–H and O–H groups in total. The van der Waals surface area contributed by atoms with Gasteiger partial charge in [-0.2, -0.15) is 0 Å². The van der Waals surface area contributed by atoms with E-state index >= 15 is 0 Å². The monoisotopic (exact) mass is 289 g/mol. The minimum absolute atomic E-state index is 0.177. The summed E-state index contributed by atoms with van der Waals surface area (Å²) in [6.07, 6.45) is 1.78. The molecule has 2 rings (SSSR count). The largest absolute Gasteiger partial charge is 0.493 e. The van der Waals surface area contributed by atoms with E-state index in [1.807, 2.05) is 18.2 Å². The number of nitrogens with two attached hydrogens (primary N) is 1. The molecule has 0 saturated heterocycles. The number of aromatic nitrogens is 1. The SMILES string of the molecule is COc1cc2ccnc(NC(CN)C(C)C)c2cc1OC. The van der Waals surface area contributed by atoms with Gasteiger partial charge in [0.25, 0.3) is 0 Å². The Kier molecular flexibility index (Phi) is 4.85. The van der Waals surface area contributed by atoms with E-state index in [0.29, 0.717) is 24.0 Å². The Morgan fingerprint density at radius 1 is 1.19 bits per heavy atom. The molecule has 114 valence electrons. The average Bonchev–Trinajstić information content (AvgIpc) is 2.50. The topological polar surface area (TPSA) is 69.4 Å². The summed E-state index contributed by atoms with van der Waals surface area (Å²) >= 11 is 0. The molecule has 0 radical (unpaired) electrons. The molecule has 0 aliphatic carbocycles. The van der Waals surface area contributed by atoms with E-state index in [9.17, 15) is 0 Å². The van der Waals surface area contributed by atoms with Crippen molar-refractivity contribution in [2.24, 2.45) is 11.7 Å². The highest BCUT2D eigenvalue weighted by Crippen LogP contribution is 2.34. The number of nitrogens with zero attached hydrogens (tertiary/aromatic N) is 1. The van der Waals surface area contributed by atoms with E-state index in [-0.39, 0.29) is 6.04 Å². The van der Waals surface area contributed by atoms with Crippen LogP contribution in [0.15, 0.2) is 24.4 Å². The first-order chi connectivity index (χ1) is 10.1. The Bertz CT molecular complexity index is 614. The lowest BCUT2D eigenvalue weighted by Gasteiger charge is -2.22. The first-order valence-electron chi connectivity index (χ1n) is 7.08. The van der Waals surface area contributed by atoms with Crippen LogP contribution in [0, 0.1) is 5.92 Å². The Labute approximate surface area is 125 Å². The maximum atomic E-state index is 5.83. The summed E-state index contributed by atoms with van der Waals surface area (Å²) in [5, 5.41) is 5.47. The summed E-state index contributed by atoms with van der Waals surface area (Å²) < 4.78 is 10.7. The third kappa shape index (κ3) is 3.19. The van der Waals surface area contributed by atoms with Crippen molar-refractivity contribution in [1.82, 2.24) is 4.98 Å². The maximum Gasteiger partial charge on any atom is 0.161 e. The van der Waals surface area contributed by atoms with E-state index in [4.69, 9.17) is 15.2 Å². The molecule has 0 saturated carbocycles. The van der Waals surface area contributed by atoms with Crippen molar-refractivity contribution in [2.75, 3.05) is 26.1 Å². The van der Waals surface area contributed by atoms with Crippen molar-refractivity contribution < 1.29 is 9.47 Å². The second-order valence-corrected chi connectivity index (χ2v) is 5.32. The molecule has 2 aromatic rings. The quantitative estimate of drug-likeness (QED) is 0.855. The maximum absolute atomic E-state index is 5.83.